The van der Waals surface area contributed by atoms with Crippen LogP contribution in [0.15, 0.2) is 24.3 Å². The van der Waals surface area contributed by atoms with Gasteiger partial charge < -0.3 is 11.1 Å². The Labute approximate surface area is 114 Å². The summed E-state index contributed by atoms with van der Waals surface area (Å²) in [5.74, 6) is -0.533. The topological polar surface area (TPSA) is 89.3 Å². The van der Waals surface area contributed by atoms with E-state index in [9.17, 15) is 13.2 Å². The summed E-state index contributed by atoms with van der Waals surface area (Å²) in [7, 11) is -3.46. The molecule has 1 amide bonds. The Morgan fingerprint density at radius 1 is 1.26 bits per heavy atom. The molecule has 0 aliphatic rings. The molecule has 0 heterocycles. The van der Waals surface area contributed by atoms with Crippen molar-refractivity contribution in [3.8, 4) is 0 Å². The third kappa shape index (κ3) is 3.54. The molecule has 106 valence electrons. The number of hydrogen-bond donors (Lipinski definition) is 2. The number of nitrogens with one attached hydrogen (secondary N) is 1. The van der Waals surface area contributed by atoms with Crippen molar-refractivity contribution in [2.75, 3.05) is 5.32 Å². The van der Waals surface area contributed by atoms with E-state index in [0.717, 1.165) is 5.56 Å². The van der Waals surface area contributed by atoms with Crippen molar-refractivity contribution in [1.82, 2.24) is 0 Å². The number of sulfone groups is 1. The van der Waals surface area contributed by atoms with Crippen molar-refractivity contribution < 1.29 is 13.2 Å². The first kappa shape index (κ1) is 15.7. The zero-order valence-corrected chi connectivity index (χ0v) is 12.2. The lowest BCUT2D eigenvalue weighted by molar-refractivity contribution is -0.115. The summed E-state index contributed by atoms with van der Waals surface area (Å²) < 4.78 is 23.9. The van der Waals surface area contributed by atoms with Gasteiger partial charge in [-0.2, -0.15) is 0 Å². The van der Waals surface area contributed by atoms with E-state index in [2.05, 4.69) is 5.32 Å². The second-order valence-corrected chi connectivity index (χ2v) is 7.46. The maximum absolute atomic E-state index is 12.0. The number of carbonyl (C=O) groups excluding carboxylic acids is 1. The number of amides is 1. The summed E-state index contributed by atoms with van der Waals surface area (Å²) >= 11 is 0. The Morgan fingerprint density at radius 2 is 1.84 bits per heavy atom. The molecule has 0 aliphatic heterocycles. The van der Waals surface area contributed by atoms with Crippen molar-refractivity contribution in [2.45, 2.75) is 37.8 Å². The highest BCUT2D eigenvalue weighted by Gasteiger charge is 2.30. The smallest absolute Gasteiger partial charge is 0.242 e. The molecular weight excluding hydrogens is 264 g/mol. The average molecular weight is 284 g/mol. The van der Waals surface area contributed by atoms with Gasteiger partial charge in [0, 0.05) is 12.2 Å². The number of nitrogens with two attached hydrogens (primary N) is 1. The van der Waals surface area contributed by atoms with E-state index >= 15 is 0 Å². The van der Waals surface area contributed by atoms with Gasteiger partial charge in [0.05, 0.1) is 5.25 Å². The van der Waals surface area contributed by atoms with E-state index in [4.69, 9.17) is 5.73 Å². The fraction of sp³-hybridized carbons (Fsp3) is 0.462. The van der Waals surface area contributed by atoms with Gasteiger partial charge in [0.15, 0.2) is 9.84 Å². The van der Waals surface area contributed by atoms with Crippen LogP contribution in [0.25, 0.3) is 0 Å². The van der Waals surface area contributed by atoms with Crippen LogP contribution in [0.4, 0.5) is 5.69 Å². The van der Waals surface area contributed by atoms with Gasteiger partial charge in [-0.1, -0.05) is 18.2 Å². The minimum absolute atomic E-state index is 0.280. The van der Waals surface area contributed by atoms with Gasteiger partial charge >= 0.3 is 0 Å². The van der Waals surface area contributed by atoms with Gasteiger partial charge in [0.25, 0.3) is 0 Å². The summed E-state index contributed by atoms with van der Waals surface area (Å²) in [6.45, 7) is 4.80. The molecule has 0 spiro atoms. The molecule has 3 N–H and O–H groups in total. The second-order valence-electron chi connectivity index (χ2n) is 4.63. The minimum Gasteiger partial charge on any atom is -0.326 e. The first-order chi connectivity index (χ1) is 8.80. The van der Waals surface area contributed by atoms with Crippen LogP contribution in [0, 0.1) is 0 Å². The fourth-order valence-corrected chi connectivity index (χ4v) is 2.79. The molecule has 5 nitrogen and oxygen atoms in total. The van der Waals surface area contributed by atoms with Gasteiger partial charge in [0.2, 0.25) is 5.91 Å². The largest absolute Gasteiger partial charge is 0.326 e. The van der Waals surface area contributed by atoms with Crippen LogP contribution in [0.5, 0.6) is 0 Å². The lowest BCUT2D eigenvalue weighted by Gasteiger charge is -2.16. The number of hydrogen-bond acceptors (Lipinski definition) is 4. The van der Waals surface area contributed by atoms with Crippen LogP contribution in [0.1, 0.15) is 26.3 Å². The van der Waals surface area contributed by atoms with Crippen LogP contribution in [-0.2, 0) is 21.2 Å². The Hall–Kier alpha value is -1.40. The normalized spacial score (nSPS) is 13.3. The predicted molar refractivity (Wildman–Crippen MR) is 76.5 cm³/mol. The number of benzene rings is 1. The molecule has 1 aromatic carbocycles. The van der Waals surface area contributed by atoms with E-state index in [-0.39, 0.29) is 6.54 Å². The average Bonchev–Trinajstić information content (AvgIpc) is 2.38. The molecule has 19 heavy (non-hydrogen) atoms. The van der Waals surface area contributed by atoms with Crippen LogP contribution in [-0.4, -0.2) is 24.8 Å². The SMILES string of the molecule is CC(C)S(=O)(=O)C(C)C(=O)Nc1ccccc1CN. The first-order valence-corrected chi connectivity index (χ1v) is 7.73. The first-order valence-electron chi connectivity index (χ1n) is 6.12. The predicted octanol–water partition coefficient (Wildman–Crippen LogP) is 1.30. The van der Waals surface area contributed by atoms with Gasteiger partial charge in [-0.15, -0.1) is 0 Å². The molecule has 1 atom stereocenters. The highest BCUT2D eigenvalue weighted by molar-refractivity contribution is 7.93. The Morgan fingerprint density at radius 3 is 2.37 bits per heavy atom. The van der Waals surface area contributed by atoms with E-state index in [1.165, 1.54) is 6.92 Å². The van der Waals surface area contributed by atoms with Crippen LogP contribution in [0.2, 0.25) is 0 Å². The minimum atomic E-state index is -3.46. The van der Waals surface area contributed by atoms with Gasteiger partial charge in [-0.05, 0) is 32.4 Å². The molecule has 1 unspecified atom stereocenters. The summed E-state index contributed by atoms with van der Waals surface area (Å²) in [6, 6.07) is 7.06. The molecule has 0 fully saturated rings. The van der Waals surface area contributed by atoms with E-state index < -0.39 is 26.2 Å². The molecular formula is C13H20N2O3S. The zero-order chi connectivity index (χ0) is 14.6. The summed E-state index contributed by atoms with van der Waals surface area (Å²) in [6.07, 6.45) is 0. The molecule has 0 radical (unpaired) electrons. The van der Waals surface area contributed by atoms with E-state index in [1.807, 2.05) is 6.07 Å². The molecule has 0 aromatic heterocycles. The highest BCUT2D eigenvalue weighted by Crippen LogP contribution is 2.16. The third-order valence-corrected chi connectivity index (χ3v) is 5.53. The molecule has 6 heteroatoms. The van der Waals surface area contributed by atoms with Gasteiger partial charge in [0.1, 0.15) is 5.25 Å². The zero-order valence-electron chi connectivity index (χ0n) is 11.4. The van der Waals surface area contributed by atoms with Crippen molar-refractivity contribution >= 4 is 21.4 Å². The second kappa shape index (κ2) is 6.16. The summed E-state index contributed by atoms with van der Waals surface area (Å²) in [5, 5.41) is 0.954. The number of para-hydroxylation sites is 1. The van der Waals surface area contributed by atoms with Crippen LogP contribution in [0.3, 0.4) is 0 Å². The van der Waals surface area contributed by atoms with E-state index in [0.29, 0.717) is 5.69 Å². The fourth-order valence-electron chi connectivity index (χ4n) is 1.61. The lowest BCUT2D eigenvalue weighted by atomic mass is 10.2. The van der Waals surface area contributed by atoms with Crippen LogP contribution < -0.4 is 11.1 Å². The molecule has 0 bridgehead atoms. The molecule has 0 saturated carbocycles. The van der Waals surface area contributed by atoms with Crippen molar-refractivity contribution in [2.24, 2.45) is 5.73 Å². The van der Waals surface area contributed by atoms with Gasteiger partial charge in [-0.3, -0.25) is 4.79 Å². The Balaban J connectivity index is 2.92. The van der Waals surface area contributed by atoms with Crippen molar-refractivity contribution in [3.05, 3.63) is 29.8 Å². The highest BCUT2D eigenvalue weighted by atomic mass is 32.2. The molecule has 1 rings (SSSR count). The van der Waals surface area contributed by atoms with Gasteiger partial charge in [-0.25, -0.2) is 8.42 Å². The third-order valence-electron chi connectivity index (χ3n) is 3.01. The number of carbonyl (C=O) groups is 1. The Kier molecular flexibility index (Phi) is 5.08. The molecule has 0 aliphatic carbocycles. The van der Waals surface area contributed by atoms with Crippen molar-refractivity contribution in [3.63, 3.8) is 0 Å². The van der Waals surface area contributed by atoms with Crippen molar-refractivity contribution in [1.29, 1.82) is 0 Å². The lowest BCUT2D eigenvalue weighted by Crippen LogP contribution is -2.36. The monoisotopic (exact) mass is 284 g/mol. The maximum Gasteiger partial charge on any atom is 0.242 e. The maximum atomic E-state index is 12.0. The molecule has 0 saturated heterocycles. The molecule has 1 aromatic rings. The number of anilines is 1. The summed E-state index contributed by atoms with van der Waals surface area (Å²) in [5.41, 5.74) is 6.89. The van der Waals surface area contributed by atoms with E-state index in [1.54, 1.807) is 32.0 Å². The standard InChI is InChI=1S/C13H20N2O3S/c1-9(2)19(17,18)10(3)13(16)15-12-7-5-4-6-11(12)8-14/h4-7,9-10H,8,14H2,1-3H3,(H,15,16). The summed E-state index contributed by atoms with van der Waals surface area (Å²) in [4.78, 5) is 12.0. The quantitative estimate of drug-likeness (QED) is 0.852. The van der Waals surface area contributed by atoms with Crippen LogP contribution >= 0.6 is 0 Å². The Bertz CT molecular complexity index is 553. The number of rotatable bonds is 5.